The zero-order valence-electron chi connectivity index (χ0n) is 8.09. The molecule has 0 saturated carbocycles. The smallest absolute Gasteiger partial charge is 0.159 e. The molecule has 0 saturated heterocycles. The van der Waals surface area contributed by atoms with Crippen molar-refractivity contribution in [2.75, 3.05) is 0 Å². The third-order valence-electron chi connectivity index (χ3n) is 2.00. The molecule has 14 heavy (non-hydrogen) atoms. The Morgan fingerprint density at radius 1 is 1.36 bits per heavy atom. The van der Waals surface area contributed by atoms with Crippen molar-refractivity contribution < 1.29 is 13.9 Å². The number of aliphatic hydroxyl groups excluding tert-OH is 1. The first kappa shape index (κ1) is 10.9. The fourth-order valence-corrected chi connectivity index (χ4v) is 0.986. The third-order valence-corrected chi connectivity index (χ3v) is 2.00. The molecule has 0 aliphatic rings. The van der Waals surface area contributed by atoms with Crippen molar-refractivity contribution in [3.8, 4) is 0 Å². The minimum absolute atomic E-state index is 0.544. The van der Waals surface area contributed by atoms with Gasteiger partial charge in [0.1, 0.15) is 0 Å². The predicted molar refractivity (Wildman–Crippen MR) is 51.7 cm³/mol. The van der Waals surface area contributed by atoms with Crippen molar-refractivity contribution in [1.29, 1.82) is 0 Å². The molecule has 1 nitrogen and oxygen atoms in total. The van der Waals surface area contributed by atoms with Gasteiger partial charge in [-0.3, -0.25) is 0 Å². The highest BCUT2D eigenvalue weighted by Gasteiger charge is 2.02. The molecule has 0 spiro atoms. The normalized spacial score (nSPS) is 14.2. The molecule has 3 heteroatoms. The van der Waals surface area contributed by atoms with Crippen LogP contribution in [0.5, 0.6) is 0 Å². The Hall–Kier alpha value is -1.22. The fourth-order valence-electron chi connectivity index (χ4n) is 0.986. The lowest BCUT2D eigenvalue weighted by atomic mass is 10.1. The highest BCUT2D eigenvalue weighted by atomic mass is 19.2. The highest BCUT2D eigenvalue weighted by molar-refractivity contribution is 5.53. The van der Waals surface area contributed by atoms with E-state index < -0.39 is 17.7 Å². The predicted octanol–water partition coefficient (Wildman–Crippen LogP) is 2.75. The van der Waals surface area contributed by atoms with Gasteiger partial charge in [0, 0.05) is 0 Å². The summed E-state index contributed by atoms with van der Waals surface area (Å²) >= 11 is 0. The lowest BCUT2D eigenvalue weighted by Crippen LogP contribution is -2.00. The second-order valence-electron chi connectivity index (χ2n) is 3.24. The molecule has 1 aromatic carbocycles. The molecule has 76 valence electrons. The van der Waals surface area contributed by atoms with Crippen LogP contribution in [0.2, 0.25) is 0 Å². The summed E-state index contributed by atoms with van der Waals surface area (Å²) in [6.07, 6.45) is 1.04. The van der Waals surface area contributed by atoms with E-state index in [0.717, 1.165) is 12.1 Å². The van der Waals surface area contributed by atoms with Crippen LogP contribution in [0.3, 0.4) is 0 Å². The molecular formula is C11H12F2O. The van der Waals surface area contributed by atoms with E-state index in [9.17, 15) is 8.78 Å². The fraction of sp³-hybridized carbons (Fsp3) is 0.273. The Morgan fingerprint density at radius 3 is 2.50 bits per heavy atom. The van der Waals surface area contributed by atoms with Crippen molar-refractivity contribution in [1.82, 2.24) is 0 Å². The Bertz CT molecular complexity index is 356. The standard InChI is InChI=1S/C11H12F2O/c1-7(8(2)14)5-9-3-4-10(12)11(13)6-9/h3-6,8,14H,1-2H3/b7-5+. The maximum atomic E-state index is 12.8. The van der Waals surface area contributed by atoms with Crippen LogP contribution in [-0.2, 0) is 0 Å². The molecule has 0 aliphatic carbocycles. The largest absolute Gasteiger partial charge is 0.389 e. The molecule has 0 aliphatic heterocycles. The summed E-state index contributed by atoms with van der Waals surface area (Å²) in [5.41, 5.74) is 1.25. The van der Waals surface area contributed by atoms with Crippen LogP contribution in [0.4, 0.5) is 8.78 Å². The van der Waals surface area contributed by atoms with Gasteiger partial charge in [0.25, 0.3) is 0 Å². The molecule has 1 N–H and O–H groups in total. The average Bonchev–Trinajstić information content (AvgIpc) is 2.11. The van der Waals surface area contributed by atoms with Gasteiger partial charge in [0.15, 0.2) is 11.6 Å². The molecule has 0 fully saturated rings. The number of halogens is 2. The Kier molecular flexibility index (Phi) is 3.36. The minimum atomic E-state index is -0.878. The van der Waals surface area contributed by atoms with Gasteiger partial charge in [-0.1, -0.05) is 12.1 Å². The molecule has 0 radical (unpaired) electrons. The SMILES string of the molecule is C/C(=C\c1ccc(F)c(F)c1)C(C)O. The molecule has 1 unspecified atom stereocenters. The summed E-state index contributed by atoms with van der Waals surface area (Å²) in [6.45, 7) is 3.34. The lowest BCUT2D eigenvalue weighted by molar-refractivity contribution is 0.232. The summed E-state index contributed by atoms with van der Waals surface area (Å²) in [7, 11) is 0. The van der Waals surface area contributed by atoms with Gasteiger partial charge in [0.2, 0.25) is 0 Å². The average molecular weight is 198 g/mol. The number of benzene rings is 1. The van der Waals surface area contributed by atoms with E-state index in [1.54, 1.807) is 19.9 Å². The van der Waals surface area contributed by atoms with E-state index in [1.165, 1.54) is 6.07 Å². The number of rotatable bonds is 2. The molecule has 1 rings (SSSR count). The molecule has 0 amide bonds. The summed E-state index contributed by atoms with van der Waals surface area (Å²) in [5, 5.41) is 9.17. The Balaban J connectivity index is 2.98. The van der Waals surface area contributed by atoms with E-state index >= 15 is 0 Å². The van der Waals surface area contributed by atoms with Gasteiger partial charge in [-0.2, -0.15) is 0 Å². The maximum absolute atomic E-state index is 12.8. The van der Waals surface area contributed by atoms with Gasteiger partial charge in [-0.05, 0) is 37.1 Å². The third kappa shape index (κ3) is 2.64. The lowest BCUT2D eigenvalue weighted by Gasteiger charge is -2.04. The quantitative estimate of drug-likeness (QED) is 0.774. The maximum Gasteiger partial charge on any atom is 0.159 e. The van der Waals surface area contributed by atoms with Gasteiger partial charge < -0.3 is 5.11 Å². The zero-order chi connectivity index (χ0) is 10.7. The second-order valence-corrected chi connectivity index (χ2v) is 3.24. The monoisotopic (exact) mass is 198 g/mol. The van der Waals surface area contributed by atoms with Gasteiger partial charge in [0.05, 0.1) is 6.10 Å². The van der Waals surface area contributed by atoms with Crippen molar-refractivity contribution in [3.05, 3.63) is 41.0 Å². The van der Waals surface area contributed by atoms with Crippen LogP contribution < -0.4 is 0 Å². The Labute approximate surface area is 81.7 Å². The zero-order valence-corrected chi connectivity index (χ0v) is 8.09. The van der Waals surface area contributed by atoms with Crippen LogP contribution >= 0.6 is 0 Å². The van der Waals surface area contributed by atoms with Crippen LogP contribution in [0, 0.1) is 11.6 Å². The molecule has 1 atom stereocenters. The summed E-state index contributed by atoms with van der Waals surface area (Å²) in [5.74, 6) is -1.74. The van der Waals surface area contributed by atoms with Crippen LogP contribution in [-0.4, -0.2) is 11.2 Å². The van der Waals surface area contributed by atoms with Crippen LogP contribution in [0.1, 0.15) is 19.4 Å². The van der Waals surface area contributed by atoms with E-state index in [0.29, 0.717) is 11.1 Å². The van der Waals surface area contributed by atoms with Crippen LogP contribution in [0.15, 0.2) is 23.8 Å². The second kappa shape index (κ2) is 4.33. The van der Waals surface area contributed by atoms with Crippen molar-refractivity contribution in [2.45, 2.75) is 20.0 Å². The van der Waals surface area contributed by atoms with E-state index in [2.05, 4.69) is 0 Å². The first-order chi connectivity index (χ1) is 6.50. The molecule has 0 heterocycles. The van der Waals surface area contributed by atoms with Crippen molar-refractivity contribution >= 4 is 6.08 Å². The van der Waals surface area contributed by atoms with Gasteiger partial charge in [-0.25, -0.2) is 8.78 Å². The van der Waals surface area contributed by atoms with E-state index in [-0.39, 0.29) is 0 Å². The van der Waals surface area contributed by atoms with E-state index in [1.807, 2.05) is 0 Å². The van der Waals surface area contributed by atoms with Crippen molar-refractivity contribution in [2.24, 2.45) is 0 Å². The van der Waals surface area contributed by atoms with E-state index in [4.69, 9.17) is 5.11 Å². The minimum Gasteiger partial charge on any atom is -0.389 e. The highest BCUT2D eigenvalue weighted by Crippen LogP contribution is 2.13. The molecule has 0 aromatic heterocycles. The molecular weight excluding hydrogens is 186 g/mol. The molecule has 1 aromatic rings. The summed E-state index contributed by atoms with van der Waals surface area (Å²) in [4.78, 5) is 0. The Morgan fingerprint density at radius 2 is 2.00 bits per heavy atom. The number of hydrogen-bond donors (Lipinski definition) is 1. The van der Waals surface area contributed by atoms with Gasteiger partial charge in [-0.15, -0.1) is 0 Å². The molecule has 0 bridgehead atoms. The summed E-state index contributed by atoms with van der Waals surface area (Å²) < 4.78 is 25.3. The van der Waals surface area contributed by atoms with Crippen molar-refractivity contribution in [3.63, 3.8) is 0 Å². The first-order valence-electron chi connectivity index (χ1n) is 4.32. The number of aliphatic hydroxyl groups is 1. The first-order valence-corrected chi connectivity index (χ1v) is 4.32. The van der Waals surface area contributed by atoms with Gasteiger partial charge >= 0.3 is 0 Å². The van der Waals surface area contributed by atoms with Crippen LogP contribution in [0.25, 0.3) is 6.08 Å². The number of hydrogen-bond acceptors (Lipinski definition) is 1. The topological polar surface area (TPSA) is 20.2 Å². The summed E-state index contributed by atoms with van der Waals surface area (Å²) in [6, 6.07) is 3.63.